The Morgan fingerprint density at radius 1 is 0.786 bits per heavy atom. The van der Waals surface area contributed by atoms with Gasteiger partial charge in [0.1, 0.15) is 23.0 Å². The zero-order chi connectivity index (χ0) is 19.8. The fourth-order valence-electron chi connectivity index (χ4n) is 2.82. The molecule has 0 aromatic heterocycles. The van der Waals surface area contributed by atoms with E-state index in [2.05, 4.69) is 24.4 Å². The second kappa shape index (κ2) is 9.42. The first kappa shape index (κ1) is 19.2. The van der Waals surface area contributed by atoms with Crippen molar-refractivity contribution in [1.82, 2.24) is 0 Å². The predicted molar refractivity (Wildman–Crippen MR) is 117 cm³/mol. The molecule has 142 valence electrons. The number of ether oxygens (including phenoxy) is 2. The van der Waals surface area contributed by atoms with E-state index in [1.54, 1.807) is 14.2 Å². The standard InChI is InChI=1S/C24H24N2O2/c1-18(19-11-5-4-6-12-19)17-24(25-20-13-7-9-15-22(20)27-2)26-21-14-8-10-16-23(21)28-3/h4-17H,1-3H3,(H,25,26)/b18-17-. The summed E-state index contributed by atoms with van der Waals surface area (Å²) in [4.78, 5) is 4.81. The third-order valence-electron chi connectivity index (χ3n) is 4.28. The molecule has 0 bridgehead atoms. The highest BCUT2D eigenvalue weighted by atomic mass is 16.5. The summed E-state index contributed by atoms with van der Waals surface area (Å²) in [5, 5.41) is 3.39. The number of nitrogens with one attached hydrogen (secondary N) is 1. The van der Waals surface area contributed by atoms with E-state index in [0.717, 1.165) is 28.3 Å². The molecule has 0 heterocycles. The summed E-state index contributed by atoms with van der Waals surface area (Å²) in [5.41, 5.74) is 3.82. The molecule has 1 N–H and O–H groups in total. The number of rotatable bonds is 6. The first-order chi connectivity index (χ1) is 13.7. The van der Waals surface area contributed by atoms with Crippen molar-refractivity contribution in [2.75, 3.05) is 19.5 Å². The van der Waals surface area contributed by atoms with Gasteiger partial charge in [0.2, 0.25) is 0 Å². The molecule has 0 saturated heterocycles. The number of hydrogen-bond acceptors (Lipinski definition) is 3. The maximum atomic E-state index is 5.47. The van der Waals surface area contributed by atoms with Crippen molar-refractivity contribution in [3.8, 4) is 11.5 Å². The second-order valence-corrected chi connectivity index (χ2v) is 6.19. The van der Waals surface area contributed by atoms with Crippen LogP contribution in [-0.2, 0) is 0 Å². The van der Waals surface area contributed by atoms with Crippen molar-refractivity contribution in [2.45, 2.75) is 6.92 Å². The molecule has 0 spiro atoms. The molecule has 0 atom stereocenters. The Balaban J connectivity index is 2.04. The van der Waals surface area contributed by atoms with Crippen LogP contribution in [0.25, 0.3) is 5.57 Å². The van der Waals surface area contributed by atoms with Crippen LogP contribution < -0.4 is 14.8 Å². The summed E-state index contributed by atoms with van der Waals surface area (Å²) in [7, 11) is 3.30. The lowest BCUT2D eigenvalue weighted by atomic mass is 10.1. The number of benzene rings is 3. The lowest BCUT2D eigenvalue weighted by Gasteiger charge is -2.13. The van der Waals surface area contributed by atoms with Gasteiger partial charge in [-0.25, -0.2) is 4.99 Å². The van der Waals surface area contributed by atoms with Gasteiger partial charge in [0, 0.05) is 0 Å². The van der Waals surface area contributed by atoms with Crippen LogP contribution in [0.1, 0.15) is 12.5 Å². The second-order valence-electron chi connectivity index (χ2n) is 6.19. The fourth-order valence-corrected chi connectivity index (χ4v) is 2.82. The Hall–Kier alpha value is -3.53. The van der Waals surface area contributed by atoms with E-state index < -0.39 is 0 Å². The van der Waals surface area contributed by atoms with Gasteiger partial charge in [-0.15, -0.1) is 0 Å². The summed E-state index contributed by atoms with van der Waals surface area (Å²) < 4.78 is 10.9. The average molecular weight is 372 g/mol. The molecule has 3 aromatic rings. The minimum Gasteiger partial charge on any atom is -0.495 e. The van der Waals surface area contributed by atoms with E-state index in [1.807, 2.05) is 72.8 Å². The van der Waals surface area contributed by atoms with Crippen LogP contribution in [-0.4, -0.2) is 20.1 Å². The quantitative estimate of drug-likeness (QED) is 0.429. The van der Waals surface area contributed by atoms with E-state index in [0.29, 0.717) is 11.6 Å². The van der Waals surface area contributed by atoms with Crippen LogP contribution >= 0.6 is 0 Å². The van der Waals surface area contributed by atoms with Gasteiger partial charge in [0.15, 0.2) is 0 Å². The molecule has 0 aliphatic carbocycles. The highest BCUT2D eigenvalue weighted by Gasteiger charge is 2.07. The van der Waals surface area contributed by atoms with E-state index in [1.165, 1.54) is 0 Å². The van der Waals surface area contributed by atoms with Gasteiger partial charge >= 0.3 is 0 Å². The Labute approximate surface area is 166 Å². The van der Waals surface area contributed by atoms with Gasteiger partial charge in [-0.05, 0) is 48.4 Å². The molecule has 0 saturated carbocycles. The largest absolute Gasteiger partial charge is 0.495 e. The Bertz CT molecular complexity index is 979. The number of nitrogens with zero attached hydrogens (tertiary/aromatic N) is 1. The minimum atomic E-state index is 0.690. The topological polar surface area (TPSA) is 42.8 Å². The number of para-hydroxylation sites is 4. The van der Waals surface area contributed by atoms with Gasteiger partial charge in [-0.3, -0.25) is 0 Å². The van der Waals surface area contributed by atoms with Crippen molar-refractivity contribution in [3.63, 3.8) is 0 Å². The van der Waals surface area contributed by atoms with Crippen molar-refractivity contribution in [3.05, 3.63) is 90.5 Å². The van der Waals surface area contributed by atoms with Crippen molar-refractivity contribution >= 4 is 22.8 Å². The first-order valence-corrected chi connectivity index (χ1v) is 9.06. The Morgan fingerprint density at radius 3 is 2.11 bits per heavy atom. The van der Waals surface area contributed by atoms with Crippen molar-refractivity contribution < 1.29 is 9.47 Å². The van der Waals surface area contributed by atoms with Crippen LogP contribution in [0.5, 0.6) is 11.5 Å². The molecule has 4 nitrogen and oxygen atoms in total. The summed E-state index contributed by atoms with van der Waals surface area (Å²) in [6.07, 6.45) is 2.02. The minimum absolute atomic E-state index is 0.690. The number of amidine groups is 1. The van der Waals surface area contributed by atoms with Gasteiger partial charge in [0.25, 0.3) is 0 Å². The molecule has 0 unspecified atom stereocenters. The van der Waals surface area contributed by atoms with Gasteiger partial charge < -0.3 is 14.8 Å². The molecule has 4 heteroatoms. The zero-order valence-corrected chi connectivity index (χ0v) is 16.3. The maximum Gasteiger partial charge on any atom is 0.144 e. The van der Waals surface area contributed by atoms with E-state index >= 15 is 0 Å². The molecular formula is C24H24N2O2. The highest BCUT2D eigenvalue weighted by Crippen LogP contribution is 2.29. The monoisotopic (exact) mass is 372 g/mol. The lowest BCUT2D eigenvalue weighted by molar-refractivity contribution is 0.416. The van der Waals surface area contributed by atoms with Crippen LogP contribution in [0.2, 0.25) is 0 Å². The van der Waals surface area contributed by atoms with Crippen LogP contribution in [0.4, 0.5) is 11.4 Å². The number of methoxy groups -OCH3 is 2. The molecule has 0 aliphatic heterocycles. The maximum absolute atomic E-state index is 5.47. The number of aliphatic imine (C=N–C) groups is 1. The third-order valence-corrected chi connectivity index (χ3v) is 4.28. The number of allylic oxidation sites excluding steroid dienone is 1. The van der Waals surface area contributed by atoms with Crippen molar-refractivity contribution in [1.29, 1.82) is 0 Å². The van der Waals surface area contributed by atoms with Crippen LogP contribution in [0.15, 0.2) is 89.9 Å². The lowest BCUT2D eigenvalue weighted by Crippen LogP contribution is -2.10. The summed E-state index contributed by atoms with van der Waals surface area (Å²) in [6, 6.07) is 25.7. The molecule has 3 aromatic carbocycles. The first-order valence-electron chi connectivity index (χ1n) is 9.06. The SMILES string of the molecule is COc1ccccc1N=C(/C=C(/C)c1ccccc1)Nc1ccccc1OC. The molecule has 0 radical (unpaired) electrons. The van der Waals surface area contributed by atoms with Crippen LogP contribution in [0, 0.1) is 0 Å². The van der Waals surface area contributed by atoms with E-state index in [4.69, 9.17) is 14.5 Å². The van der Waals surface area contributed by atoms with Gasteiger partial charge in [-0.1, -0.05) is 54.6 Å². The van der Waals surface area contributed by atoms with Crippen molar-refractivity contribution in [2.24, 2.45) is 4.99 Å². The highest BCUT2D eigenvalue weighted by molar-refractivity contribution is 6.09. The number of anilines is 1. The van der Waals surface area contributed by atoms with Gasteiger partial charge in [0.05, 0.1) is 19.9 Å². The molecule has 28 heavy (non-hydrogen) atoms. The smallest absolute Gasteiger partial charge is 0.144 e. The molecule has 0 fully saturated rings. The van der Waals surface area contributed by atoms with E-state index in [-0.39, 0.29) is 0 Å². The fraction of sp³-hybridized carbons (Fsp3) is 0.125. The number of hydrogen-bond donors (Lipinski definition) is 1. The molecule has 3 rings (SSSR count). The predicted octanol–water partition coefficient (Wildman–Crippen LogP) is 5.95. The zero-order valence-electron chi connectivity index (χ0n) is 16.3. The normalized spacial score (nSPS) is 11.8. The molecule has 0 amide bonds. The average Bonchev–Trinajstić information content (AvgIpc) is 2.75. The van der Waals surface area contributed by atoms with Crippen LogP contribution in [0.3, 0.4) is 0 Å². The Kier molecular flexibility index (Phi) is 6.47. The van der Waals surface area contributed by atoms with E-state index in [9.17, 15) is 0 Å². The molecule has 0 aliphatic rings. The summed E-state index contributed by atoms with van der Waals surface area (Å²) in [5.74, 6) is 2.16. The summed E-state index contributed by atoms with van der Waals surface area (Å²) >= 11 is 0. The molecular weight excluding hydrogens is 348 g/mol. The van der Waals surface area contributed by atoms with Gasteiger partial charge in [-0.2, -0.15) is 0 Å². The third kappa shape index (κ3) is 4.80. The summed E-state index contributed by atoms with van der Waals surface area (Å²) in [6.45, 7) is 2.07. The Morgan fingerprint density at radius 2 is 1.39 bits per heavy atom.